The van der Waals surface area contributed by atoms with Crippen molar-refractivity contribution in [2.24, 2.45) is 0 Å². The van der Waals surface area contributed by atoms with E-state index >= 15 is 0 Å². The lowest BCUT2D eigenvalue weighted by atomic mass is 10.1. The zero-order valence-electron chi connectivity index (χ0n) is 10.7. The number of halogens is 1. The van der Waals surface area contributed by atoms with E-state index in [1.54, 1.807) is 0 Å². The van der Waals surface area contributed by atoms with Crippen LogP contribution in [-0.4, -0.2) is 22.0 Å². The maximum atomic E-state index is 12.1. The van der Waals surface area contributed by atoms with Crippen LogP contribution in [-0.2, 0) is 0 Å². The van der Waals surface area contributed by atoms with Gasteiger partial charge in [0.2, 0.25) is 0 Å². The molecule has 1 aromatic carbocycles. The molecule has 0 bridgehead atoms. The van der Waals surface area contributed by atoms with Crippen molar-refractivity contribution in [2.45, 2.75) is 13.8 Å². The predicted octanol–water partition coefficient (Wildman–Crippen LogP) is 3.47. The number of nitrogens with one attached hydrogen (secondary N) is 1. The number of carbonyl (C=O) groups is 2. The number of carbonyl (C=O) groups excluding carboxylic acids is 1. The zero-order valence-corrected chi connectivity index (χ0v) is 13.1. The third-order valence-corrected chi connectivity index (χ3v) is 4.05. The molecule has 0 aliphatic heterocycles. The number of aryl methyl sites for hydroxylation is 2. The smallest absolute Gasteiger partial charge is 0.355 e. The van der Waals surface area contributed by atoms with Gasteiger partial charge in [-0.1, -0.05) is 6.07 Å². The Morgan fingerprint density at radius 3 is 2.60 bits per heavy atom. The van der Waals surface area contributed by atoms with Crippen molar-refractivity contribution >= 4 is 44.8 Å². The predicted molar refractivity (Wildman–Crippen MR) is 80.6 cm³/mol. The summed E-state index contributed by atoms with van der Waals surface area (Å²) in [6.45, 7) is 3.85. The first-order chi connectivity index (χ1) is 9.38. The van der Waals surface area contributed by atoms with Gasteiger partial charge in [0.1, 0.15) is 0 Å². The van der Waals surface area contributed by atoms with Gasteiger partial charge in [0.25, 0.3) is 5.91 Å². The molecule has 2 N–H and O–H groups in total. The average Bonchev–Trinajstić information content (AvgIpc) is 2.83. The van der Waals surface area contributed by atoms with Crippen LogP contribution in [0.15, 0.2) is 22.0 Å². The lowest BCUT2D eigenvalue weighted by Gasteiger charge is -2.10. The van der Waals surface area contributed by atoms with Crippen LogP contribution in [0.5, 0.6) is 0 Å². The number of aromatic nitrogens is 1. The fourth-order valence-corrected chi connectivity index (χ4v) is 3.18. The molecule has 0 radical (unpaired) electrons. The van der Waals surface area contributed by atoms with Crippen molar-refractivity contribution in [2.75, 3.05) is 5.32 Å². The molecule has 0 atom stereocenters. The summed E-state index contributed by atoms with van der Waals surface area (Å²) >= 11 is 4.40. The van der Waals surface area contributed by atoms with Gasteiger partial charge in [0, 0.05) is 9.85 Å². The Bertz CT molecular complexity index is 674. The second kappa shape index (κ2) is 5.72. The highest BCUT2D eigenvalue weighted by atomic mass is 79.9. The first kappa shape index (κ1) is 14.7. The van der Waals surface area contributed by atoms with Crippen LogP contribution in [0.4, 0.5) is 5.69 Å². The van der Waals surface area contributed by atoms with E-state index in [0.717, 1.165) is 26.9 Å². The highest BCUT2D eigenvalue weighted by Gasteiger charge is 2.16. The number of thiazole rings is 1. The van der Waals surface area contributed by atoms with Crippen LogP contribution >= 0.6 is 27.3 Å². The fraction of sp³-hybridized carbons (Fsp3) is 0.154. The first-order valence-electron chi connectivity index (χ1n) is 5.65. The third-order valence-electron chi connectivity index (χ3n) is 2.59. The van der Waals surface area contributed by atoms with Gasteiger partial charge in [-0.3, -0.25) is 4.79 Å². The van der Waals surface area contributed by atoms with E-state index in [1.807, 2.05) is 26.0 Å². The third kappa shape index (κ3) is 3.05. The van der Waals surface area contributed by atoms with E-state index in [9.17, 15) is 9.59 Å². The number of aromatic carboxylic acids is 1. The molecule has 104 valence electrons. The van der Waals surface area contributed by atoms with Crippen LogP contribution < -0.4 is 5.32 Å². The normalized spacial score (nSPS) is 10.3. The van der Waals surface area contributed by atoms with Crippen molar-refractivity contribution in [3.8, 4) is 0 Å². The molecule has 20 heavy (non-hydrogen) atoms. The summed E-state index contributed by atoms with van der Waals surface area (Å²) in [5, 5.41) is 13.0. The van der Waals surface area contributed by atoms with Gasteiger partial charge in [-0.15, -0.1) is 11.3 Å². The molecule has 0 unspecified atom stereocenters. The first-order valence-corrected chi connectivity index (χ1v) is 7.32. The molecular formula is C13H11BrN2O3S. The number of anilines is 1. The van der Waals surface area contributed by atoms with E-state index in [0.29, 0.717) is 5.69 Å². The van der Waals surface area contributed by atoms with Crippen LogP contribution in [0.3, 0.4) is 0 Å². The molecule has 0 saturated heterocycles. The molecule has 0 saturated carbocycles. The van der Waals surface area contributed by atoms with Crippen LogP contribution in [0.2, 0.25) is 0 Å². The number of carboxylic acids is 1. The van der Waals surface area contributed by atoms with E-state index in [4.69, 9.17) is 5.11 Å². The standard InChI is InChI=1S/C13H11BrN2O3S/c1-6-3-7(2)10(8(14)4-6)16-11(17)12-15-9(5-20-12)13(18)19/h3-5H,1-2H3,(H,16,17)(H,18,19). The molecule has 1 heterocycles. The Morgan fingerprint density at radius 1 is 1.35 bits per heavy atom. The molecule has 7 heteroatoms. The van der Waals surface area contributed by atoms with Gasteiger partial charge in [-0.2, -0.15) is 0 Å². The Morgan fingerprint density at radius 2 is 2.05 bits per heavy atom. The van der Waals surface area contributed by atoms with Gasteiger partial charge < -0.3 is 10.4 Å². The molecule has 1 aromatic heterocycles. The number of rotatable bonds is 3. The quantitative estimate of drug-likeness (QED) is 0.884. The van der Waals surface area contributed by atoms with E-state index in [-0.39, 0.29) is 10.7 Å². The maximum Gasteiger partial charge on any atom is 0.355 e. The topological polar surface area (TPSA) is 79.3 Å². The lowest BCUT2D eigenvalue weighted by molar-refractivity contribution is 0.0691. The van der Waals surface area contributed by atoms with Crippen molar-refractivity contribution in [3.05, 3.63) is 43.8 Å². The molecule has 0 spiro atoms. The summed E-state index contributed by atoms with van der Waals surface area (Å²) < 4.78 is 0.776. The Labute approximate surface area is 127 Å². The average molecular weight is 355 g/mol. The molecular weight excluding hydrogens is 344 g/mol. The van der Waals surface area contributed by atoms with Gasteiger partial charge in [-0.25, -0.2) is 9.78 Å². The fourth-order valence-electron chi connectivity index (χ4n) is 1.72. The molecule has 1 amide bonds. The second-order valence-electron chi connectivity index (χ2n) is 4.24. The second-order valence-corrected chi connectivity index (χ2v) is 5.95. The zero-order chi connectivity index (χ0) is 14.9. The number of nitrogens with zero attached hydrogens (tertiary/aromatic N) is 1. The number of hydrogen-bond donors (Lipinski definition) is 2. The van der Waals surface area contributed by atoms with Gasteiger partial charge >= 0.3 is 5.97 Å². The van der Waals surface area contributed by atoms with Gasteiger partial charge in [-0.05, 0) is 47.0 Å². The molecule has 0 fully saturated rings. The summed E-state index contributed by atoms with van der Waals surface area (Å²) in [6, 6.07) is 3.85. The summed E-state index contributed by atoms with van der Waals surface area (Å²) in [6.07, 6.45) is 0. The highest BCUT2D eigenvalue weighted by Crippen LogP contribution is 2.28. The van der Waals surface area contributed by atoms with Gasteiger partial charge in [0.15, 0.2) is 10.7 Å². The summed E-state index contributed by atoms with van der Waals surface area (Å²) in [5.41, 5.74) is 2.53. The van der Waals surface area contributed by atoms with Crippen LogP contribution in [0, 0.1) is 13.8 Å². The Balaban J connectivity index is 2.25. The Kier molecular flexibility index (Phi) is 4.20. The van der Waals surface area contributed by atoms with Crippen LogP contribution in [0.1, 0.15) is 31.4 Å². The molecule has 0 aliphatic carbocycles. The highest BCUT2D eigenvalue weighted by molar-refractivity contribution is 9.10. The van der Waals surface area contributed by atoms with E-state index in [1.165, 1.54) is 5.38 Å². The maximum absolute atomic E-state index is 12.1. The molecule has 2 aromatic rings. The van der Waals surface area contributed by atoms with Crippen molar-refractivity contribution < 1.29 is 14.7 Å². The van der Waals surface area contributed by atoms with Crippen molar-refractivity contribution in [3.63, 3.8) is 0 Å². The van der Waals surface area contributed by atoms with Crippen LogP contribution in [0.25, 0.3) is 0 Å². The largest absolute Gasteiger partial charge is 0.476 e. The summed E-state index contributed by atoms with van der Waals surface area (Å²) in [4.78, 5) is 26.6. The molecule has 0 aliphatic rings. The Hall–Kier alpha value is -1.73. The van der Waals surface area contributed by atoms with E-state index in [2.05, 4.69) is 26.2 Å². The number of carboxylic acid groups (broad SMARTS) is 1. The summed E-state index contributed by atoms with van der Waals surface area (Å²) in [7, 11) is 0. The van der Waals surface area contributed by atoms with E-state index < -0.39 is 11.9 Å². The van der Waals surface area contributed by atoms with Gasteiger partial charge in [0.05, 0.1) is 5.69 Å². The molecule has 5 nitrogen and oxygen atoms in total. The minimum atomic E-state index is -1.15. The number of amides is 1. The molecule has 2 rings (SSSR count). The minimum absolute atomic E-state index is 0.120. The SMILES string of the molecule is Cc1cc(C)c(NC(=O)c2nc(C(=O)O)cs2)c(Br)c1. The minimum Gasteiger partial charge on any atom is -0.476 e. The number of hydrogen-bond acceptors (Lipinski definition) is 4. The van der Waals surface area contributed by atoms with Crippen molar-refractivity contribution in [1.82, 2.24) is 4.98 Å². The summed E-state index contributed by atoms with van der Waals surface area (Å²) in [5.74, 6) is -1.57. The lowest BCUT2D eigenvalue weighted by Crippen LogP contribution is -2.13. The monoisotopic (exact) mass is 354 g/mol. The number of benzene rings is 1. The van der Waals surface area contributed by atoms with Crippen molar-refractivity contribution in [1.29, 1.82) is 0 Å².